The highest BCUT2D eigenvalue weighted by atomic mass is 16.5. The molecule has 1 N–H and O–H groups in total. The van der Waals surface area contributed by atoms with E-state index in [2.05, 4.69) is 53.5 Å². The summed E-state index contributed by atoms with van der Waals surface area (Å²) in [6.45, 7) is 4.21. The highest BCUT2D eigenvalue weighted by molar-refractivity contribution is 5.57. The molecule has 4 heteroatoms. The van der Waals surface area contributed by atoms with Gasteiger partial charge in [0, 0.05) is 36.6 Å². The van der Waals surface area contributed by atoms with Crippen LogP contribution in [-0.2, 0) is 0 Å². The minimum absolute atomic E-state index is 0.531. The first-order valence-electron chi connectivity index (χ1n) is 8.50. The number of hydrogen-bond acceptors (Lipinski definition) is 4. The predicted octanol–water partition coefficient (Wildman–Crippen LogP) is 4.09. The first-order valence-corrected chi connectivity index (χ1v) is 8.50. The molecule has 4 nitrogen and oxygen atoms in total. The van der Waals surface area contributed by atoms with Gasteiger partial charge in [-0.25, -0.2) is 0 Å². The molecule has 0 aliphatic carbocycles. The normalized spacial score (nSPS) is 15.2. The Morgan fingerprint density at radius 1 is 0.958 bits per heavy atom. The molecule has 0 radical (unpaired) electrons. The summed E-state index contributed by atoms with van der Waals surface area (Å²) >= 11 is 0. The first kappa shape index (κ1) is 16.5. The zero-order valence-electron chi connectivity index (χ0n) is 14.7. The quantitative estimate of drug-likeness (QED) is 0.897. The molecule has 1 heterocycles. The number of benzene rings is 2. The van der Waals surface area contributed by atoms with Crippen LogP contribution >= 0.6 is 0 Å². The van der Waals surface area contributed by atoms with Crippen molar-refractivity contribution in [2.24, 2.45) is 0 Å². The molecule has 0 aromatic heterocycles. The van der Waals surface area contributed by atoms with E-state index in [-0.39, 0.29) is 0 Å². The van der Waals surface area contributed by atoms with Crippen molar-refractivity contribution < 1.29 is 9.47 Å². The molecule has 0 atom stereocenters. The standard InChI is InChI=1S/C20H26N2O2/c1-15-5-4-6-17(13-15)21-16-9-11-22(12-10-16)18-7-8-19(23-2)20(14-18)24-3/h4-8,13-14,16,21H,9-12H2,1-3H3. The Kier molecular flexibility index (Phi) is 5.14. The summed E-state index contributed by atoms with van der Waals surface area (Å²) in [6, 6.07) is 15.3. The molecule has 0 unspecified atom stereocenters. The van der Waals surface area contributed by atoms with E-state index >= 15 is 0 Å². The second-order valence-corrected chi connectivity index (χ2v) is 6.31. The molecular weight excluding hydrogens is 300 g/mol. The lowest BCUT2D eigenvalue weighted by molar-refractivity contribution is 0.355. The number of rotatable bonds is 5. The van der Waals surface area contributed by atoms with E-state index in [1.165, 1.54) is 16.9 Å². The van der Waals surface area contributed by atoms with Crippen molar-refractivity contribution in [2.45, 2.75) is 25.8 Å². The molecule has 0 amide bonds. The van der Waals surface area contributed by atoms with Gasteiger partial charge in [-0.2, -0.15) is 0 Å². The lowest BCUT2D eigenvalue weighted by Gasteiger charge is -2.34. The molecule has 1 saturated heterocycles. The number of hydrogen-bond donors (Lipinski definition) is 1. The third kappa shape index (κ3) is 3.75. The summed E-state index contributed by atoms with van der Waals surface area (Å²) in [7, 11) is 3.35. The van der Waals surface area contributed by atoms with E-state index in [0.717, 1.165) is 37.4 Å². The third-order valence-electron chi connectivity index (χ3n) is 4.62. The minimum atomic E-state index is 0.531. The van der Waals surface area contributed by atoms with Gasteiger partial charge in [-0.05, 0) is 49.6 Å². The fourth-order valence-corrected chi connectivity index (χ4v) is 3.27. The molecule has 0 saturated carbocycles. The minimum Gasteiger partial charge on any atom is -0.493 e. The summed E-state index contributed by atoms with van der Waals surface area (Å²) in [6.07, 6.45) is 2.25. The number of nitrogens with one attached hydrogen (secondary N) is 1. The second-order valence-electron chi connectivity index (χ2n) is 6.31. The Morgan fingerprint density at radius 3 is 2.38 bits per heavy atom. The molecule has 24 heavy (non-hydrogen) atoms. The summed E-state index contributed by atoms with van der Waals surface area (Å²) in [5.41, 5.74) is 3.71. The van der Waals surface area contributed by atoms with E-state index in [9.17, 15) is 0 Å². The first-order chi connectivity index (χ1) is 11.7. The lowest BCUT2D eigenvalue weighted by Crippen LogP contribution is -2.39. The molecular formula is C20H26N2O2. The van der Waals surface area contributed by atoms with Crippen LogP contribution in [0.3, 0.4) is 0 Å². The Hall–Kier alpha value is -2.36. The molecule has 1 aliphatic rings. The number of methoxy groups -OCH3 is 2. The highest BCUT2D eigenvalue weighted by Crippen LogP contribution is 2.32. The Labute approximate surface area is 144 Å². The van der Waals surface area contributed by atoms with Crippen molar-refractivity contribution in [1.82, 2.24) is 0 Å². The summed E-state index contributed by atoms with van der Waals surface area (Å²) in [5, 5.41) is 3.66. The maximum Gasteiger partial charge on any atom is 0.162 e. The van der Waals surface area contributed by atoms with Gasteiger partial charge in [0.15, 0.2) is 11.5 Å². The molecule has 2 aromatic rings. The third-order valence-corrected chi connectivity index (χ3v) is 4.62. The lowest BCUT2D eigenvalue weighted by atomic mass is 10.0. The molecule has 0 spiro atoms. The Balaban J connectivity index is 1.60. The largest absolute Gasteiger partial charge is 0.493 e. The maximum atomic E-state index is 5.42. The van der Waals surface area contributed by atoms with Gasteiger partial charge in [-0.1, -0.05) is 12.1 Å². The van der Waals surface area contributed by atoms with Crippen LogP contribution in [0.15, 0.2) is 42.5 Å². The maximum absolute atomic E-state index is 5.42. The van der Waals surface area contributed by atoms with Crippen LogP contribution in [0.5, 0.6) is 11.5 Å². The smallest absolute Gasteiger partial charge is 0.162 e. The molecule has 1 aliphatic heterocycles. The predicted molar refractivity (Wildman–Crippen MR) is 99.6 cm³/mol. The van der Waals surface area contributed by atoms with Crippen LogP contribution < -0.4 is 19.7 Å². The van der Waals surface area contributed by atoms with Gasteiger partial charge in [0.25, 0.3) is 0 Å². The van der Waals surface area contributed by atoms with Crippen molar-refractivity contribution >= 4 is 11.4 Å². The fourth-order valence-electron chi connectivity index (χ4n) is 3.27. The van der Waals surface area contributed by atoms with E-state index in [0.29, 0.717) is 6.04 Å². The zero-order chi connectivity index (χ0) is 16.9. The van der Waals surface area contributed by atoms with Gasteiger partial charge < -0.3 is 19.7 Å². The van der Waals surface area contributed by atoms with Gasteiger partial charge in [0.2, 0.25) is 0 Å². The van der Waals surface area contributed by atoms with Gasteiger partial charge in [0.1, 0.15) is 0 Å². The molecule has 128 valence electrons. The number of nitrogens with zero attached hydrogens (tertiary/aromatic N) is 1. The van der Waals surface area contributed by atoms with Crippen molar-refractivity contribution in [3.05, 3.63) is 48.0 Å². The molecule has 2 aromatic carbocycles. The highest BCUT2D eigenvalue weighted by Gasteiger charge is 2.20. The van der Waals surface area contributed by atoms with Crippen molar-refractivity contribution in [3.8, 4) is 11.5 Å². The topological polar surface area (TPSA) is 33.7 Å². The number of anilines is 2. The van der Waals surface area contributed by atoms with E-state index < -0.39 is 0 Å². The number of aryl methyl sites for hydroxylation is 1. The fraction of sp³-hybridized carbons (Fsp3) is 0.400. The Morgan fingerprint density at radius 2 is 1.71 bits per heavy atom. The average molecular weight is 326 g/mol. The van der Waals surface area contributed by atoms with Crippen molar-refractivity contribution in [1.29, 1.82) is 0 Å². The second kappa shape index (κ2) is 7.47. The SMILES string of the molecule is COc1ccc(N2CCC(Nc3cccc(C)c3)CC2)cc1OC. The van der Waals surface area contributed by atoms with Crippen molar-refractivity contribution in [2.75, 3.05) is 37.5 Å². The monoisotopic (exact) mass is 326 g/mol. The van der Waals surface area contributed by atoms with Gasteiger partial charge >= 0.3 is 0 Å². The number of ether oxygens (including phenoxy) is 2. The van der Waals surface area contributed by atoms with E-state index in [1.54, 1.807) is 14.2 Å². The Bertz CT molecular complexity index is 679. The number of piperidine rings is 1. The molecule has 1 fully saturated rings. The van der Waals surface area contributed by atoms with Crippen LogP contribution in [0.2, 0.25) is 0 Å². The average Bonchev–Trinajstić information content (AvgIpc) is 2.62. The molecule has 3 rings (SSSR count). The van der Waals surface area contributed by atoms with Crippen LogP contribution in [0, 0.1) is 6.92 Å². The van der Waals surface area contributed by atoms with E-state index in [1.807, 2.05) is 6.07 Å². The van der Waals surface area contributed by atoms with Crippen LogP contribution in [-0.4, -0.2) is 33.4 Å². The zero-order valence-corrected chi connectivity index (χ0v) is 14.7. The van der Waals surface area contributed by atoms with Gasteiger partial charge in [-0.3, -0.25) is 0 Å². The van der Waals surface area contributed by atoms with Crippen LogP contribution in [0.25, 0.3) is 0 Å². The van der Waals surface area contributed by atoms with Gasteiger partial charge in [-0.15, -0.1) is 0 Å². The summed E-state index contributed by atoms with van der Waals surface area (Å²) in [5.74, 6) is 1.56. The summed E-state index contributed by atoms with van der Waals surface area (Å²) in [4.78, 5) is 2.41. The molecule has 0 bridgehead atoms. The van der Waals surface area contributed by atoms with Crippen LogP contribution in [0.4, 0.5) is 11.4 Å². The van der Waals surface area contributed by atoms with Gasteiger partial charge in [0.05, 0.1) is 14.2 Å². The van der Waals surface area contributed by atoms with E-state index in [4.69, 9.17) is 9.47 Å². The van der Waals surface area contributed by atoms with Crippen LogP contribution in [0.1, 0.15) is 18.4 Å². The van der Waals surface area contributed by atoms with Crippen molar-refractivity contribution in [3.63, 3.8) is 0 Å². The summed E-state index contributed by atoms with van der Waals surface area (Å²) < 4.78 is 10.7.